The number of nitrogen functional groups attached to an aromatic ring is 1. The van der Waals surface area contributed by atoms with Gasteiger partial charge in [0.25, 0.3) is 0 Å². The number of fused-ring (bicyclic) bond motifs is 6. The van der Waals surface area contributed by atoms with E-state index in [0.717, 1.165) is 10.9 Å². The Hall–Kier alpha value is -3.60. The molecule has 0 spiro atoms. The molecule has 3 saturated heterocycles. The number of rotatable bonds is 2. The molecule has 0 amide bonds. The van der Waals surface area contributed by atoms with E-state index in [-0.39, 0.29) is 28.4 Å². The van der Waals surface area contributed by atoms with Crippen molar-refractivity contribution in [2.45, 2.75) is 49.1 Å². The topological polar surface area (TPSA) is 281 Å². The third kappa shape index (κ3) is 4.88. The van der Waals surface area contributed by atoms with Gasteiger partial charge in [0.15, 0.2) is 35.7 Å². The summed E-state index contributed by atoms with van der Waals surface area (Å²) in [7, 11) is -10.1. The Morgan fingerprint density at radius 1 is 0.913 bits per heavy atom. The number of nitrogens with two attached hydrogens (primary N) is 1. The Balaban J connectivity index is 1.08. The van der Waals surface area contributed by atoms with E-state index in [1.165, 1.54) is 34.3 Å². The lowest BCUT2D eigenvalue weighted by atomic mass is 10.1. The fourth-order valence-electron chi connectivity index (χ4n) is 5.57. The van der Waals surface area contributed by atoms with Crippen molar-refractivity contribution in [3.8, 4) is 0 Å². The number of phosphoric acid groups is 2. The molecule has 5 N–H and O–H groups in total. The summed E-state index contributed by atoms with van der Waals surface area (Å²) in [5, 5.41) is 15.4. The predicted molar refractivity (Wildman–Crippen MR) is 144 cm³/mol. The number of hydrogen-bond acceptors (Lipinski definition) is 17. The minimum absolute atomic E-state index is 0.0111. The second kappa shape index (κ2) is 10.7. The van der Waals surface area contributed by atoms with Gasteiger partial charge in [-0.1, -0.05) is 0 Å². The van der Waals surface area contributed by atoms with Gasteiger partial charge in [-0.15, -0.1) is 0 Å². The largest absolute Gasteiger partial charge is 0.472 e. The number of hydrogen-bond donors (Lipinski definition) is 4. The van der Waals surface area contributed by atoms with Gasteiger partial charge in [0.2, 0.25) is 5.78 Å². The Bertz CT molecular complexity index is 2060. The molecule has 3 aliphatic heterocycles. The monoisotopic (exact) mass is 685 g/mol. The molecular formula is C21H22FN11O11P2. The third-order valence-electron chi connectivity index (χ3n) is 7.64. The van der Waals surface area contributed by atoms with Crippen LogP contribution >= 0.6 is 15.6 Å². The van der Waals surface area contributed by atoms with Gasteiger partial charge in [-0.05, 0) is 0 Å². The first-order chi connectivity index (χ1) is 22.0. The first-order valence-electron chi connectivity index (χ1n) is 13.4. The lowest BCUT2D eigenvalue weighted by Gasteiger charge is -2.27. The normalized spacial score (nSPS) is 37.3. The van der Waals surface area contributed by atoms with Crippen LogP contribution in [0, 0.1) is 0 Å². The Kier molecular flexibility index (Phi) is 6.94. The van der Waals surface area contributed by atoms with Crippen LogP contribution in [0.15, 0.2) is 31.5 Å². The first kappa shape index (κ1) is 29.8. The van der Waals surface area contributed by atoms with Crippen molar-refractivity contribution in [2.75, 3.05) is 18.9 Å². The summed E-state index contributed by atoms with van der Waals surface area (Å²) in [5.41, 5.74) is 6.76. The number of alkyl halides is 1. The van der Waals surface area contributed by atoms with E-state index in [1.807, 2.05) is 0 Å². The molecule has 10 atom stereocenters. The molecule has 0 radical (unpaired) electrons. The van der Waals surface area contributed by atoms with Crippen molar-refractivity contribution in [1.29, 1.82) is 0 Å². The Morgan fingerprint density at radius 3 is 2.41 bits per heavy atom. The highest BCUT2D eigenvalue weighted by molar-refractivity contribution is 7.47. The molecule has 0 saturated carbocycles. The van der Waals surface area contributed by atoms with Gasteiger partial charge < -0.3 is 30.1 Å². The number of aliphatic hydroxyl groups excluding tert-OH is 1. The molecule has 0 aliphatic carbocycles. The lowest BCUT2D eigenvalue weighted by molar-refractivity contribution is -0.0663. The number of aliphatic hydroxyl groups is 1. The molecule has 244 valence electrons. The SMILES string of the molecule is Nc1ncnc2c1ncn2[C@@H]1O[C@@H]2COP(=O)(O)O[C@H]3[C@@H](O)[C@H](n4cnn5c6cncnc6nc45)O[C@@H]3COP(=O)(O)O[C@H]2[C@H]1F. The first-order valence-corrected chi connectivity index (χ1v) is 16.4. The maximum absolute atomic E-state index is 15.9. The van der Waals surface area contributed by atoms with E-state index in [4.69, 9.17) is 33.3 Å². The van der Waals surface area contributed by atoms with Crippen LogP contribution in [0.5, 0.6) is 0 Å². The molecule has 22 nitrogen and oxygen atoms in total. The summed E-state index contributed by atoms with van der Waals surface area (Å²) >= 11 is 0. The summed E-state index contributed by atoms with van der Waals surface area (Å²) in [4.78, 5) is 45.5. The number of anilines is 1. The van der Waals surface area contributed by atoms with Gasteiger partial charge in [0.1, 0.15) is 60.5 Å². The zero-order chi connectivity index (χ0) is 32.0. The Labute approximate surface area is 254 Å². The lowest BCUT2D eigenvalue weighted by Crippen LogP contribution is -2.38. The second-order valence-corrected chi connectivity index (χ2v) is 13.2. The Morgan fingerprint density at radius 2 is 1.63 bits per heavy atom. The molecular weight excluding hydrogens is 663 g/mol. The average molecular weight is 685 g/mol. The third-order valence-corrected chi connectivity index (χ3v) is 9.61. The van der Waals surface area contributed by atoms with Crippen molar-refractivity contribution in [1.82, 2.24) is 48.7 Å². The average Bonchev–Trinajstić information content (AvgIpc) is 3.82. The molecule has 3 fully saturated rings. The van der Waals surface area contributed by atoms with Crippen molar-refractivity contribution < 1.29 is 56.0 Å². The van der Waals surface area contributed by atoms with E-state index >= 15 is 4.39 Å². The molecule has 2 unspecified atom stereocenters. The van der Waals surface area contributed by atoms with Crippen molar-refractivity contribution >= 4 is 49.6 Å². The van der Waals surface area contributed by atoms with Crippen molar-refractivity contribution in [3.63, 3.8) is 0 Å². The molecule has 5 aromatic rings. The van der Waals surface area contributed by atoms with Crippen LogP contribution in [0.1, 0.15) is 12.5 Å². The van der Waals surface area contributed by atoms with Gasteiger partial charge in [-0.3, -0.25) is 27.2 Å². The van der Waals surface area contributed by atoms with E-state index in [2.05, 4.69) is 35.0 Å². The van der Waals surface area contributed by atoms with Crippen LogP contribution in [0.2, 0.25) is 0 Å². The summed E-state index contributed by atoms with van der Waals surface area (Å²) < 4.78 is 78.2. The highest BCUT2D eigenvalue weighted by atomic mass is 31.2. The molecule has 8 rings (SSSR count). The van der Waals surface area contributed by atoms with Crippen LogP contribution in [-0.4, -0.2) is 113 Å². The maximum atomic E-state index is 15.9. The zero-order valence-corrected chi connectivity index (χ0v) is 24.6. The smallest absolute Gasteiger partial charge is 0.386 e. The minimum Gasteiger partial charge on any atom is -0.386 e. The zero-order valence-electron chi connectivity index (χ0n) is 22.8. The van der Waals surface area contributed by atoms with E-state index in [0.29, 0.717) is 5.52 Å². The van der Waals surface area contributed by atoms with Gasteiger partial charge in [-0.25, -0.2) is 38.4 Å². The van der Waals surface area contributed by atoms with E-state index in [1.54, 1.807) is 0 Å². The summed E-state index contributed by atoms with van der Waals surface area (Å²) in [6.07, 6.45) is -6.96. The number of halogens is 1. The number of ether oxygens (including phenoxy) is 2. The summed E-state index contributed by atoms with van der Waals surface area (Å²) in [6, 6.07) is 0. The van der Waals surface area contributed by atoms with Crippen LogP contribution in [0.3, 0.4) is 0 Å². The molecule has 0 aromatic carbocycles. The van der Waals surface area contributed by atoms with Crippen molar-refractivity contribution in [2.24, 2.45) is 0 Å². The maximum Gasteiger partial charge on any atom is 0.472 e. The van der Waals surface area contributed by atoms with Gasteiger partial charge in [0.05, 0.1) is 25.7 Å². The quantitative estimate of drug-likeness (QED) is 0.169. The number of aromatic nitrogens is 10. The van der Waals surface area contributed by atoms with Crippen LogP contribution in [0.25, 0.3) is 28.1 Å². The molecule has 5 aromatic heterocycles. The fourth-order valence-corrected chi connectivity index (χ4v) is 7.49. The van der Waals surface area contributed by atoms with Gasteiger partial charge >= 0.3 is 15.6 Å². The summed E-state index contributed by atoms with van der Waals surface area (Å²) in [5.74, 6) is 0.169. The standard InChI is InChI=1S/C21H22FN11O11P2/c22-11-14-9(41-19(11)31-6-28-12-16(23)25-5-27-18(12)31)2-39-46(37,38)44-15-10(3-40-45(35,36)43-14)42-20(13(15)34)32-7-29-33-8-1-24-4-26-17(8)30-21(32)33/h1,4-7,9-11,13-15,19-20,34H,2-3H2,(H,35,36)(H,37,38)(H2,23,25,27)/t9-,10-,11-,13-,14-,15-,19-,20-/m1/s1. The van der Waals surface area contributed by atoms with Crippen molar-refractivity contribution in [3.05, 3.63) is 31.5 Å². The fraction of sp³-hybridized carbons (Fsp3) is 0.476. The number of phosphoric ester groups is 2. The summed E-state index contributed by atoms with van der Waals surface area (Å²) in [6.45, 7) is -1.68. The van der Waals surface area contributed by atoms with E-state index in [9.17, 15) is 24.0 Å². The van der Waals surface area contributed by atoms with Crippen LogP contribution < -0.4 is 5.73 Å². The van der Waals surface area contributed by atoms with Crippen LogP contribution in [0.4, 0.5) is 10.2 Å². The highest BCUT2D eigenvalue weighted by Crippen LogP contribution is 2.54. The molecule has 25 heteroatoms. The van der Waals surface area contributed by atoms with E-state index < -0.39 is 78.0 Å². The molecule has 0 bridgehead atoms. The highest BCUT2D eigenvalue weighted by Gasteiger charge is 2.54. The van der Waals surface area contributed by atoms with Gasteiger partial charge in [0, 0.05) is 0 Å². The number of nitrogens with zero attached hydrogens (tertiary/aromatic N) is 10. The molecule has 8 heterocycles. The minimum atomic E-state index is -5.09. The number of imidazole rings is 2. The van der Waals surface area contributed by atoms with Gasteiger partial charge in [-0.2, -0.15) is 14.6 Å². The predicted octanol–water partition coefficient (Wildman–Crippen LogP) is -0.592. The van der Waals surface area contributed by atoms with Crippen LogP contribution in [-0.2, 0) is 36.7 Å². The molecule has 46 heavy (non-hydrogen) atoms. The molecule has 3 aliphatic rings. The second-order valence-electron chi connectivity index (χ2n) is 10.4.